The molecule has 5 aromatic rings. The Labute approximate surface area is 182 Å². The number of nitrogens with one attached hydrogen (secondary N) is 1. The van der Waals surface area contributed by atoms with E-state index in [9.17, 15) is 9.18 Å². The predicted octanol–water partition coefficient (Wildman–Crippen LogP) is 4.85. The lowest BCUT2D eigenvalue weighted by molar-refractivity contribution is 0.102. The number of carbonyl (C=O) groups excluding carboxylic acids is 1. The smallest absolute Gasteiger partial charge is 0.256 e. The topological polar surface area (TPSA) is 90.8 Å². The Morgan fingerprint density at radius 2 is 2.03 bits per heavy atom. The summed E-state index contributed by atoms with van der Waals surface area (Å²) < 4.78 is 23.3. The van der Waals surface area contributed by atoms with Crippen molar-refractivity contribution in [1.82, 2.24) is 24.5 Å². The van der Waals surface area contributed by atoms with E-state index < -0.39 is 11.7 Å². The summed E-state index contributed by atoms with van der Waals surface area (Å²) in [5.74, 6) is -0.373. The van der Waals surface area contributed by atoms with Gasteiger partial charge in [0, 0.05) is 24.1 Å². The minimum absolute atomic E-state index is 0.0479. The van der Waals surface area contributed by atoms with Gasteiger partial charge in [-0.2, -0.15) is 10.2 Å². The largest absolute Gasteiger partial charge is 0.463 e. The summed E-state index contributed by atoms with van der Waals surface area (Å²) in [6, 6.07) is 11.4. The minimum Gasteiger partial charge on any atom is -0.463 e. The quantitative estimate of drug-likeness (QED) is 0.430. The molecule has 0 saturated carbocycles. The van der Waals surface area contributed by atoms with Crippen LogP contribution in [-0.2, 0) is 0 Å². The van der Waals surface area contributed by atoms with Crippen LogP contribution in [0.1, 0.15) is 30.2 Å². The number of anilines is 1. The van der Waals surface area contributed by atoms with Crippen LogP contribution in [0.2, 0.25) is 0 Å². The fourth-order valence-corrected chi connectivity index (χ4v) is 3.51. The Hall–Kier alpha value is -4.27. The predicted molar refractivity (Wildman–Crippen MR) is 117 cm³/mol. The van der Waals surface area contributed by atoms with E-state index in [1.165, 1.54) is 10.7 Å². The molecule has 0 bridgehead atoms. The molecule has 0 aliphatic heterocycles. The molecular weight excluding hydrogens is 411 g/mol. The summed E-state index contributed by atoms with van der Waals surface area (Å²) >= 11 is 0. The van der Waals surface area contributed by atoms with Crippen LogP contribution >= 0.6 is 0 Å². The fourth-order valence-electron chi connectivity index (χ4n) is 3.51. The van der Waals surface area contributed by atoms with Crippen molar-refractivity contribution in [3.63, 3.8) is 0 Å². The number of amides is 1. The number of hydrogen-bond donors (Lipinski definition) is 1. The molecule has 0 radical (unpaired) electrons. The molecule has 32 heavy (non-hydrogen) atoms. The number of pyridine rings is 1. The normalized spacial score (nSPS) is 11.4. The van der Waals surface area contributed by atoms with Gasteiger partial charge in [0.15, 0.2) is 17.2 Å². The second-order valence-corrected chi connectivity index (χ2v) is 7.52. The van der Waals surface area contributed by atoms with Crippen LogP contribution in [0.5, 0.6) is 0 Å². The molecule has 0 atom stereocenters. The van der Waals surface area contributed by atoms with E-state index in [0.717, 1.165) is 0 Å². The first-order chi connectivity index (χ1) is 15.5. The third kappa shape index (κ3) is 3.43. The summed E-state index contributed by atoms with van der Waals surface area (Å²) in [6.07, 6.45) is 6.37. The maximum Gasteiger partial charge on any atom is 0.256 e. The number of carbonyl (C=O) groups is 1. The molecule has 0 saturated heterocycles. The van der Waals surface area contributed by atoms with Crippen molar-refractivity contribution in [2.24, 2.45) is 0 Å². The van der Waals surface area contributed by atoms with E-state index in [0.29, 0.717) is 33.7 Å². The summed E-state index contributed by atoms with van der Waals surface area (Å²) in [4.78, 5) is 17.9. The zero-order valence-electron chi connectivity index (χ0n) is 17.4. The van der Waals surface area contributed by atoms with Crippen molar-refractivity contribution >= 4 is 22.6 Å². The third-order valence-electron chi connectivity index (χ3n) is 5.03. The highest BCUT2D eigenvalue weighted by molar-refractivity contribution is 6.12. The molecule has 9 heteroatoms. The Bertz CT molecular complexity index is 1400. The monoisotopic (exact) mass is 430 g/mol. The lowest BCUT2D eigenvalue weighted by atomic mass is 10.1. The highest BCUT2D eigenvalue weighted by Crippen LogP contribution is 2.27. The molecule has 4 heterocycles. The zero-order valence-corrected chi connectivity index (χ0v) is 17.4. The van der Waals surface area contributed by atoms with Gasteiger partial charge in [-0.3, -0.25) is 4.79 Å². The van der Waals surface area contributed by atoms with Gasteiger partial charge in [-0.05, 0) is 56.3 Å². The maximum atomic E-state index is 14.6. The molecule has 160 valence electrons. The average molecular weight is 430 g/mol. The second kappa shape index (κ2) is 7.77. The summed E-state index contributed by atoms with van der Waals surface area (Å²) in [6.45, 7) is 3.97. The molecule has 0 unspecified atom stereocenters. The highest BCUT2D eigenvalue weighted by atomic mass is 19.1. The van der Waals surface area contributed by atoms with Crippen molar-refractivity contribution < 1.29 is 13.6 Å². The van der Waals surface area contributed by atoms with Gasteiger partial charge in [-0.1, -0.05) is 0 Å². The van der Waals surface area contributed by atoms with Crippen molar-refractivity contribution in [3.05, 3.63) is 78.7 Å². The zero-order chi connectivity index (χ0) is 22.2. The van der Waals surface area contributed by atoms with E-state index >= 15 is 0 Å². The SMILES string of the molecule is CC(C)n1ncc2c(C(=O)Nc3ccc(-n4cccn4)c(F)c3)cc(-c3ccco3)nc21. The summed E-state index contributed by atoms with van der Waals surface area (Å²) in [5, 5.41) is 11.8. The molecule has 4 aromatic heterocycles. The molecule has 0 fully saturated rings. The van der Waals surface area contributed by atoms with Gasteiger partial charge in [-0.25, -0.2) is 18.7 Å². The van der Waals surface area contributed by atoms with Crippen LogP contribution in [0.4, 0.5) is 10.1 Å². The van der Waals surface area contributed by atoms with Crippen molar-refractivity contribution in [2.45, 2.75) is 19.9 Å². The number of fused-ring (bicyclic) bond motifs is 1. The van der Waals surface area contributed by atoms with E-state index in [4.69, 9.17) is 4.42 Å². The lowest BCUT2D eigenvalue weighted by Gasteiger charge is -2.11. The van der Waals surface area contributed by atoms with Crippen LogP contribution in [0.15, 0.2) is 71.7 Å². The number of nitrogens with zero attached hydrogens (tertiary/aromatic N) is 5. The van der Waals surface area contributed by atoms with Gasteiger partial charge in [0.2, 0.25) is 0 Å². The van der Waals surface area contributed by atoms with Crippen LogP contribution in [-0.4, -0.2) is 30.5 Å². The first kappa shape index (κ1) is 19.7. The maximum absolute atomic E-state index is 14.6. The van der Waals surface area contributed by atoms with Gasteiger partial charge >= 0.3 is 0 Å². The van der Waals surface area contributed by atoms with Gasteiger partial charge in [0.05, 0.1) is 23.4 Å². The number of rotatable bonds is 5. The Kier molecular flexibility index (Phi) is 4.78. The molecule has 0 aliphatic rings. The number of furan rings is 1. The van der Waals surface area contributed by atoms with Crippen molar-refractivity contribution in [2.75, 3.05) is 5.32 Å². The van der Waals surface area contributed by atoms with Crippen molar-refractivity contribution in [3.8, 4) is 17.1 Å². The minimum atomic E-state index is -0.504. The Morgan fingerprint density at radius 1 is 1.16 bits per heavy atom. The first-order valence-corrected chi connectivity index (χ1v) is 10.0. The second-order valence-electron chi connectivity index (χ2n) is 7.52. The van der Waals surface area contributed by atoms with E-state index in [1.54, 1.807) is 65.9 Å². The molecule has 5 rings (SSSR count). The van der Waals surface area contributed by atoms with Crippen LogP contribution in [0.25, 0.3) is 28.2 Å². The molecule has 0 spiro atoms. The van der Waals surface area contributed by atoms with E-state index in [2.05, 4.69) is 20.5 Å². The van der Waals surface area contributed by atoms with E-state index in [-0.39, 0.29) is 11.7 Å². The lowest BCUT2D eigenvalue weighted by Crippen LogP contribution is -2.14. The molecule has 1 N–H and O–H groups in total. The number of hydrogen-bond acceptors (Lipinski definition) is 5. The summed E-state index contributed by atoms with van der Waals surface area (Å²) in [7, 11) is 0. The molecule has 1 aromatic carbocycles. The van der Waals surface area contributed by atoms with Crippen LogP contribution in [0, 0.1) is 5.82 Å². The Morgan fingerprint density at radius 3 is 2.72 bits per heavy atom. The van der Waals surface area contributed by atoms with Gasteiger partial charge in [0.25, 0.3) is 5.91 Å². The molecular formula is C23H19FN6O2. The average Bonchev–Trinajstić information content (AvgIpc) is 3.54. The molecule has 0 aliphatic carbocycles. The van der Waals surface area contributed by atoms with Crippen LogP contribution < -0.4 is 5.32 Å². The van der Waals surface area contributed by atoms with Gasteiger partial charge in [0.1, 0.15) is 11.4 Å². The van der Waals surface area contributed by atoms with Gasteiger partial charge < -0.3 is 9.73 Å². The molecule has 1 amide bonds. The highest BCUT2D eigenvalue weighted by Gasteiger charge is 2.20. The van der Waals surface area contributed by atoms with Crippen molar-refractivity contribution in [1.29, 1.82) is 0 Å². The number of halogens is 1. The number of benzene rings is 1. The van der Waals surface area contributed by atoms with Crippen LogP contribution in [0.3, 0.4) is 0 Å². The Balaban J connectivity index is 1.54. The first-order valence-electron chi connectivity index (χ1n) is 10.0. The fraction of sp³-hybridized carbons (Fsp3) is 0.130. The van der Waals surface area contributed by atoms with E-state index in [1.807, 2.05) is 13.8 Å². The molecule has 8 nitrogen and oxygen atoms in total. The third-order valence-corrected chi connectivity index (χ3v) is 5.03. The number of aromatic nitrogens is 5. The summed E-state index contributed by atoms with van der Waals surface area (Å²) in [5.41, 5.74) is 2.06. The van der Waals surface area contributed by atoms with Gasteiger partial charge in [-0.15, -0.1) is 0 Å². The standard InChI is InChI=1S/C23H19FN6O2/c1-14(2)30-22-17(13-26-30)16(12-19(28-22)21-5-3-10-32-21)23(31)27-15-6-7-20(18(24)11-15)29-9-4-8-25-29/h3-14H,1-2H3,(H,27,31).